The maximum Gasteiger partial charge on any atom is 0.306 e. The summed E-state index contributed by atoms with van der Waals surface area (Å²) in [6.45, 7) is 6.45. The number of aliphatic hydroxyl groups is 1. The largest absolute Gasteiger partial charge is 0.462 e. The smallest absolute Gasteiger partial charge is 0.306 e. The second-order valence-corrected chi connectivity index (χ2v) is 11.7. The predicted molar refractivity (Wildman–Crippen MR) is 159 cm³/mol. The molecule has 0 aliphatic heterocycles. The Bertz CT molecular complexity index is 520. The molecule has 0 fully saturated rings. The minimum absolute atomic E-state index is 0.0590. The van der Waals surface area contributed by atoms with Crippen LogP contribution >= 0.6 is 0 Å². The molecule has 0 spiro atoms. The fraction of sp³-hybridized carbons (Fsp3) is 0.939. The van der Waals surface area contributed by atoms with Crippen molar-refractivity contribution in [2.24, 2.45) is 5.92 Å². The third-order valence-corrected chi connectivity index (χ3v) is 7.33. The molecule has 226 valence electrons. The SMILES string of the molecule is CCCCCCCCCCCCCCC(=O)OC[C@H](CO)OC(=O)CCCCCCCCCCCC(C)C. The average molecular weight is 541 g/mol. The van der Waals surface area contributed by atoms with E-state index in [1.54, 1.807) is 0 Å². The van der Waals surface area contributed by atoms with Gasteiger partial charge in [0.15, 0.2) is 6.10 Å². The lowest BCUT2D eigenvalue weighted by Gasteiger charge is -2.15. The maximum absolute atomic E-state index is 12.1. The number of hydrogen-bond donors (Lipinski definition) is 1. The zero-order valence-electron chi connectivity index (χ0n) is 25.6. The lowest BCUT2D eigenvalue weighted by molar-refractivity contribution is -0.161. The fourth-order valence-corrected chi connectivity index (χ4v) is 4.80. The van der Waals surface area contributed by atoms with E-state index in [4.69, 9.17) is 9.47 Å². The van der Waals surface area contributed by atoms with E-state index < -0.39 is 6.10 Å². The fourth-order valence-electron chi connectivity index (χ4n) is 4.80. The first kappa shape index (κ1) is 36.9. The Labute approximate surface area is 236 Å². The van der Waals surface area contributed by atoms with Crippen LogP contribution in [-0.4, -0.2) is 36.4 Å². The highest BCUT2D eigenvalue weighted by Gasteiger charge is 2.16. The Morgan fingerprint density at radius 3 is 1.39 bits per heavy atom. The average Bonchev–Trinajstić information content (AvgIpc) is 2.90. The molecule has 0 radical (unpaired) electrons. The molecule has 0 aromatic heterocycles. The molecule has 0 saturated heterocycles. The lowest BCUT2D eigenvalue weighted by Crippen LogP contribution is -2.28. The van der Waals surface area contributed by atoms with Gasteiger partial charge >= 0.3 is 11.9 Å². The molecule has 0 aromatic carbocycles. The molecule has 1 atom stereocenters. The van der Waals surface area contributed by atoms with E-state index in [0.29, 0.717) is 12.8 Å². The first-order chi connectivity index (χ1) is 18.5. The van der Waals surface area contributed by atoms with Crippen molar-refractivity contribution in [3.8, 4) is 0 Å². The van der Waals surface area contributed by atoms with Crippen LogP contribution in [0.25, 0.3) is 0 Å². The number of esters is 2. The second-order valence-electron chi connectivity index (χ2n) is 11.7. The highest BCUT2D eigenvalue weighted by molar-refractivity contribution is 5.70. The van der Waals surface area contributed by atoms with E-state index in [2.05, 4.69) is 20.8 Å². The Kier molecular flexibility index (Phi) is 28.1. The van der Waals surface area contributed by atoms with Crippen molar-refractivity contribution in [1.82, 2.24) is 0 Å². The molecule has 38 heavy (non-hydrogen) atoms. The second kappa shape index (κ2) is 28.9. The predicted octanol–water partition coefficient (Wildman–Crippen LogP) is 9.47. The zero-order chi connectivity index (χ0) is 28.1. The van der Waals surface area contributed by atoms with Gasteiger partial charge in [-0.2, -0.15) is 0 Å². The number of hydrogen-bond acceptors (Lipinski definition) is 5. The van der Waals surface area contributed by atoms with Gasteiger partial charge in [-0.3, -0.25) is 9.59 Å². The molecule has 0 aliphatic rings. The number of carbonyl (C=O) groups excluding carboxylic acids is 2. The summed E-state index contributed by atoms with van der Waals surface area (Å²) in [5, 5.41) is 9.48. The van der Waals surface area contributed by atoms with Gasteiger partial charge in [0.1, 0.15) is 6.61 Å². The van der Waals surface area contributed by atoms with Crippen molar-refractivity contribution in [3.05, 3.63) is 0 Å². The standard InChI is InChI=1S/C33H64O5/c1-4-5-6-7-8-9-10-11-14-17-20-23-26-32(35)37-29-31(28-34)38-33(36)27-24-21-18-15-12-13-16-19-22-25-30(2)3/h30-31,34H,4-29H2,1-3H3/t31-/m0/s1. The van der Waals surface area contributed by atoms with Crippen molar-refractivity contribution in [1.29, 1.82) is 0 Å². The molecule has 0 bridgehead atoms. The Balaban J connectivity index is 3.56. The maximum atomic E-state index is 12.1. The van der Waals surface area contributed by atoms with Crippen molar-refractivity contribution < 1.29 is 24.2 Å². The molecule has 0 rings (SSSR count). The highest BCUT2D eigenvalue weighted by Crippen LogP contribution is 2.15. The summed E-state index contributed by atoms with van der Waals surface area (Å²) in [5.74, 6) is 0.232. The van der Waals surface area contributed by atoms with E-state index >= 15 is 0 Å². The topological polar surface area (TPSA) is 72.8 Å². The van der Waals surface area contributed by atoms with E-state index in [9.17, 15) is 14.7 Å². The van der Waals surface area contributed by atoms with Gasteiger partial charge in [0.25, 0.3) is 0 Å². The quantitative estimate of drug-likeness (QED) is 0.0755. The number of carbonyl (C=O) groups is 2. The van der Waals surface area contributed by atoms with Crippen molar-refractivity contribution in [2.45, 2.75) is 181 Å². The van der Waals surface area contributed by atoms with Gasteiger partial charge in [0.05, 0.1) is 6.61 Å². The van der Waals surface area contributed by atoms with E-state index in [1.807, 2.05) is 0 Å². The van der Waals surface area contributed by atoms with Crippen molar-refractivity contribution in [2.75, 3.05) is 13.2 Å². The zero-order valence-corrected chi connectivity index (χ0v) is 25.6. The molecular weight excluding hydrogens is 476 g/mol. The third kappa shape index (κ3) is 27.9. The van der Waals surface area contributed by atoms with Crippen LogP contribution in [0.5, 0.6) is 0 Å². The summed E-state index contributed by atoms with van der Waals surface area (Å²) in [7, 11) is 0. The van der Waals surface area contributed by atoms with Gasteiger partial charge in [0, 0.05) is 12.8 Å². The van der Waals surface area contributed by atoms with Gasteiger partial charge < -0.3 is 14.6 Å². The number of ether oxygens (including phenoxy) is 2. The Morgan fingerprint density at radius 1 is 0.579 bits per heavy atom. The lowest BCUT2D eigenvalue weighted by atomic mass is 10.0. The minimum atomic E-state index is -0.760. The molecule has 5 heteroatoms. The molecular formula is C33H64O5. The first-order valence-electron chi connectivity index (χ1n) is 16.5. The molecule has 5 nitrogen and oxygen atoms in total. The molecule has 0 aromatic rings. The number of aliphatic hydroxyl groups excluding tert-OH is 1. The van der Waals surface area contributed by atoms with Gasteiger partial charge in [-0.05, 0) is 18.8 Å². The Hall–Kier alpha value is -1.10. The van der Waals surface area contributed by atoms with Crippen LogP contribution in [0.3, 0.4) is 0 Å². The van der Waals surface area contributed by atoms with Crippen LogP contribution in [0, 0.1) is 5.92 Å². The van der Waals surface area contributed by atoms with Crippen molar-refractivity contribution >= 4 is 11.9 Å². The summed E-state index contributed by atoms with van der Waals surface area (Å²) in [6, 6.07) is 0. The number of unbranched alkanes of at least 4 members (excludes halogenated alkanes) is 19. The molecule has 0 amide bonds. The summed E-state index contributed by atoms with van der Waals surface area (Å²) < 4.78 is 10.5. The summed E-state index contributed by atoms with van der Waals surface area (Å²) in [4.78, 5) is 24.0. The molecule has 0 heterocycles. The monoisotopic (exact) mass is 540 g/mol. The van der Waals surface area contributed by atoms with Gasteiger partial charge in [0.2, 0.25) is 0 Å². The van der Waals surface area contributed by atoms with Crippen LogP contribution in [0.4, 0.5) is 0 Å². The van der Waals surface area contributed by atoms with Crippen LogP contribution in [0.15, 0.2) is 0 Å². The van der Waals surface area contributed by atoms with Crippen LogP contribution in [0.1, 0.15) is 175 Å². The van der Waals surface area contributed by atoms with E-state index in [1.165, 1.54) is 109 Å². The van der Waals surface area contributed by atoms with E-state index in [0.717, 1.165) is 38.0 Å². The Morgan fingerprint density at radius 2 is 0.974 bits per heavy atom. The summed E-state index contributed by atoms with van der Waals surface area (Å²) in [5.41, 5.74) is 0. The van der Waals surface area contributed by atoms with E-state index in [-0.39, 0.29) is 25.2 Å². The first-order valence-corrected chi connectivity index (χ1v) is 16.5. The van der Waals surface area contributed by atoms with Gasteiger partial charge in [-0.25, -0.2) is 0 Å². The summed E-state index contributed by atoms with van der Waals surface area (Å²) >= 11 is 0. The van der Waals surface area contributed by atoms with Gasteiger partial charge in [-0.1, -0.05) is 149 Å². The third-order valence-electron chi connectivity index (χ3n) is 7.33. The highest BCUT2D eigenvalue weighted by atomic mass is 16.6. The van der Waals surface area contributed by atoms with Crippen LogP contribution in [-0.2, 0) is 19.1 Å². The molecule has 0 saturated carbocycles. The van der Waals surface area contributed by atoms with Crippen LogP contribution in [0.2, 0.25) is 0 Å². The normalized spacial score (nSPS) is 12.1. The molecule has 1 N–H and O–H groups in total. The molecule has 0 unspecified atom stereocenters. The minimum Gasteiger partial charge on any atom is -0.462 e. The van der Waals surface area contributed by atoms with Gasteiger partial charge in [-0.15, -0.1) is 0 Å². The summed E-state index contributed by atoms with van der Waals surface area (Å²) in [6.07, 6.45) is 27.3. The van der Waals surface area contributed by atoms with Crippen molar-refractivity contribution in [3.63, 3.8) is 0 Å². The van der Waals surface area contributed by atoms with Crippen LogP contribution < -0.4 is 0 Å². The number of rotatable bonds is 29. The molecule has 0 aliphatic carbocycles.